The van der Waals surface area contributed by atoms with Crippen molar-refractivity contribution in [3.8, 4) is 62.4 Å². The van der Waals surface area contributed by atoms with Gasteiger partial charge >= 0.3 is 0 Å². The van der Waals surface area contributed by atoms with Gasteiger partial charge in [0.15, 0.2) is 0 Å². The molecule has 5 aromatic carbocycles. The molecule has 0 saturated carbocycles. The number of aromatic hydroxyl groups is 1. The summed E-state index contributed by atoms with van der Waals surface area (Å²) < 4.78 is 78.7. The summed E-state index contributed by atoms with van der Waals surface area (Å²) in [5, 5.41) is 21.4. The molecule has 0 aliphatic heterocycles. The Morgan fingerprint density at radius 1 is 0.765 bits per heavy atom. The summed E-state index contributed by atoms with van der Waals surface area (Å²) in [6.07, 6.45) is 1.30. The number of aromatic nitrogens is 3. The van der Waals surface area contributed by atoms with E-state index < -0.39 is 36.9 Å². The second kappa shape index (κ2) is 13.8. The Morgan fingerprint density at radius 3 is 2.16 bits per heavy atom. The first kappa shape index (κ1) is 25.6. The second-order valence-corrected chi connectivity index (χ2v) is 13.3. The molecule has 2 heterocycles. The quantitative estimate of drug-likeness (QED) is 0.175. The first-order valence-electron chi connectivity index (χ1n) is 20.6. The SMILES string of the molecule is [2H]C([2H])([2H])C(c1cc(-c2ccc(C#N)cn2)[c-]c(-c2cccc3c2nc(-c2cccc(C(C)(C)C)c2O)n3-c2ccccc2-c2ccccc2)c1)(C([2H])([2H])[2H])C([2H])([2H])[2H].[Pt]. The monoisotopic (exact) mass is 855 g/mol. The van der Waals surface area contributed by atoms with Gasteiger partial charge in [0.05, 0.1) is 27.8 Å². The van der Waals surface area contributed by atoms with E-state index in [2.05, 4.69) is 11.1 Å². The van der Waals surface area contributed by atoms with Crippen LogP contribution in [0.3, 0.4) is 0 Å². The number of nitrogens with zero attached hydrogens (tertiary/aromatic N) is 4. The number of hydrogen-bond donors (Lipinski definition) is 1. The molecular formula is C45H39N4OPt-. The van der Waals surface area contributed by atoms with Crippen molar-refractivity contribution in [2.75, 3.05) is 0 Å². The van der Waals surface area contributed by atoms with Crippen molar-refractivity contribution < 1.29 is 38.5 Å². The van der Waals surface area contributed by atoms with Crippen molar-refractivity contribution in [2.24, 2.45) is 0 Å². The average molecular weight is 856 g/mol. The summed E-state index contributed by atoms with van der Waals surface area (Å²) in [6, 6.07) is 39.1. The van der Waals surface area contributed by atoms with Crippen LogP contribution in [-0.4, -0.2) is 19.6 Å². The van der Waals surface area contributed by atoms with E-state index in [1.807, 2.05) is 104 Å². The first-order valence-corrected chi connectivity index (χ1v) is 16.1. The molecule has 0 fully saturated rings. The molecule has 1 N–H and O–H groups in total. The molecule has 0 spiro atoms. The average Bonchev–Trinajstić information content (AvgIpc) is 3.55. The molecule has 0 aliphatic carbocycles. The van der Waals surface area contributed by atoms with Crippen LogP contribution in [0.25, 0.3) is 61.6 Å². The molecule has 5 nitrogen and oxygen atoms in total. The molecule has 0 amide bonds. The van der Waals surface area contributed by atoms with E-state index in [4.69, 9.17) is 17.3 Å². The Morgan fingerprint density at radius 2 is 1.45 bits per heavy atom. The van der Waals surface area contributed by atoms with Crippen molar-refractivity contribution >= 4 is 11.0 Å². The van der Waals surface area contributed by atoms with E-state index in [-0.39, 0.29) is 49.2 Å². The number of nitriles is 1. The van der Waals surface area contributed by atoms with Gasteiger partial charge in [0.1, 0.15) is 17.6 Å². The van der Waals surface area contributed by atoms with Crippen LogP contribution in [0.2, 0.25) is 0 Å². The van der Waals surface area contributed by atoms with Gasteiger partial charge in [-0.2, -0.15) is 5.26 Å². The molecule has 0 atom stereocenters. The molecule has 6 heteroatoms. The molecule has 256 valence electrons. The predicted octanol–water partition coefficient (Wildman–Crippen LogP) is 11.1. The number of pyridine rings is 1. The van der Waals surface area contributed by atoms with Gasteiger partial charge in [-0.1, -0.05) is 131 Å². The number of para-hydroxylation sites is 3. The minimum atomic E-state index is -3.55. The summed E-state index contributed by atoms with van der Waals surface area (Å²) in [6.45, 7) is -4.64. The third-order valence-corrected chi connectivity index (χ3v) is 8.76. The summed E-state index contributed by atoms with van der Waals surface area (Å²) >= 11 is 0. The fraction of sp³-hybridized carbons (Fsp3) is 0.178. The van der Waals surface area contributed by atoms with Gasteiger partial charge in [-0.3, -0.25) is 9.55 Å². The Hall–Kier alpha value is -5.30. The fourth-order valence-corrected chi connectivity index (χ4v) is 6.29. The molecule has 0 unspecified atom stereocenters. The zero-order valence-corrected chi connectivity index (χ0v) is 30.4. The maximum absolute atomic E-state index is 12.0. The summed E-state index contributed by atoms with van der Waals surface area (Å²) in [4.78, 5) is 9.59. The van der Waals surface area contributed by atoms with Crippen molar-refractivity contribution in [1.82, 2.24) is 14.5 Å². The van der Waals surface area contributed by atoms with Crippen LogP contribution < -0.4 is 0 Å². The minimum Gasteiger partial charge on any atom is -0.507 e. The van der Waals surface area contributed by atoms with Crippen molar-refractivity contribution in [3.05, 3.63) is 144 Å². The van der Waals surface area contributed by atoms with E-state index in [1.165, 1.54) is 30.5 Å². The Bertz CT molecular complexity index is 2710. The molecule has 0 aliphatic rings. The van der Waals surface area contributed by atoms with Gasteiger partial charge < -0.3 is 5.11 Å². The van der Waals surface area contributed by atoms with Crippen LogP contribution in [0, 0.1) is 17.4 Å². The minimum absolute atomic E-state index is 0. The first-order chi connectivity index (χ1) is 27.7. The largest absolute Gasteiger partial charge is 0.507 e. The summed E-state index contributed by atoms with van der Waals surface area (Å²) in [7, 11) is 0. The maximum atomic E-state index is 12.0. The second-order valence-electron chi connectivity index (χ2n) is 13.3. The van der Waals surface area contributed by atoms with Crippen LogP contribution in [0.5, 0.6) is 5.75 Å². The number of phenolic OH excluding ortho intramolecular Hbond substituents is 1. The van der Waals surface area contributed by atoms with Crippen molar-refractivity contribution in [2.45, 2.75) is 52.2 Å². The van der Waals surface area contributed by atoms with Crippen molar-refractivity contribution in [3.63, 3.8) is 0 Å². The summed E-state index contributed by atoms with van der Waals surface area (Å²) in [5.74, 6) is 0.419. The third kappa shape index (κ3) is 6.77. The molecule has 7 rings (SSSR count). The van der Waals surface area contributed by atoms with Gasteiger partial charge in [0.2, 0.25) is 0 Å². The van der Waals surface area contributed by atoms with Crippen LogP contribution in [0.15, 0.2) is 121 Å². The fourth-order valence-electron chi connectivity index (χ4n) is 6.29. The number of fused-ring (bicyclic) bond motifs is 1. The van der Waals surface area contributed by atoms with Crippen molar-refractivity contribution in [1.29, 1.82) is 5.26 Å². The van der Waals surface area contributed by atoms with Crippen LogP contribution >= 0.6 is 0 Å². The van der Waals surface area contributed by atoms with Gasteiger partial charge in [-0.05, 0) is 46.2 Å². The standard InChI is InChI=1S/C45H39N4O.Pt/c1-44(2,3)33-25-31(24-32(26-33)38-23-22-29(27-46)28-47-38)35-17-13-21-40-41(35)48-43(36-18-12-19-37(42(36)50)45(4,5)6)49(40)39-20-11-10-16-34(39)30-14-8-7-9-15-30;/h7-23,25-26,28,50H,1-6H3;/q-1;/i1D3,2D3,3D3;. The molecule has 2 aromatic heterocycles. The Labute approximate surface area is 327 Å². The van der Waals surface area contributed by atoms with Gasteiger partial charge in [-0.15, -0.1) is 29.3 Å². The van der Waals surface area contributed by atoms with Gasteiger partial charge in [0, 0.05) is 50.9 Å². The van der Waals surface area contributed by atoms with Crippen LogP contribution in [0.4, 0.5) is 0 Å². The number of imidazole rings is 1. The molecule has 0 radical (unpaired) electrons. The molecule has 0 saturated heterocycles. The Balaban J connectivity index is 0.00000604. The van der Waals surface area contributed by atoms with E-state index in [0.717, 1.165) is 16.8 Å². The van der Waals surface area contributed by atoms with Gasteiger partial charge in [0.25, 0.3) is 0 Å². The van der Waals surface area contributed by atoms with Crippen LogP contribution in [-0.2, 0) is 31.9 Å². The Kier molecular flexibility index (Phi) is 6.92. The zero-order chi connectivity index (χ0) is 42.7. The number of rotatable bonds is 5. The topological polar surface area (TPSA) is 74.7 Å². The van der Waals surface area contributed by atoms with E-state index >= 15 is 0 Å². The zero-order valence-electron chi connectivity index (χ0n) is 37.1. The van der Waals surface area contributed by atoms with Crippen LogP contribution in [0.1, 0.15) is 70.4 Å². The van der Waals surface area contributed by atoms with E-state index in [1.54, 1.807) is 18.2 Å². The smallest absolute Gasteiger partial charge is 0.148 e. The molecular weight excluding hydrogens is 808 g/mol. The number of benzene rings is 5. The number of phenols is 1. The van der Waals surface area contributed by atoms with Gasteiger partial charge in [-0.25, -0.2) is 4.98 Å². The predicted molar refractivity (Wildman–Crippen MR) is 203 cm³/mol. The third-order valence-electron chi connectivity index (χ3n) is 8.76. The number of hydrogen-bond acceptors (Lipinski definition) is 4. The normalized spacial score (nSPS) is 15.0. The van der Waals surface area contributed by atoms with E-state index in [9.17, 15) is 10.4 Å². The maximum Gasteiger partial charge on any atom is 0.148 e. The molecule has 7 aromatic rings. The molecule has 0 bridgehead atoms. The molecule has 51 heavy (non-hydrogen) atoms. The summed E-state index contributed by atoms with van der Waals surface area (Å²) in [5.41, 5.74) is 1.41. The van der Waals surface area contributed by atoms with E-state index in [0.29, 0.717) is 33.5 Å².